The molecule has 0 fully saturated rings. The van der Waals surface area contributed by atoms with Gasteiger partial charge >= 0.3 is 5.97 Å². The van der Waals surface area contributed by atoms with E-state index in [0.717, 1.165) is 16.8 Å². The Morgan fingerprint density at radius 1 is 1.12 bits per heavy atom. The van der Waals surface area contributed by atoms with Crippen molar-refractivity contribution in [2.75, 3.05) is 11.9 Å². The molecule has 0 aliphatic carbocycles. The molecule has 132 valence electrons. The van der Waals surface area contributed by atoms with Gasteiger partial charge < -0.3 is 10.1 Å². The number of ether oxygens (including phenoxy) is 1. The number of hydrogen-bond acceptors (Lipinski definition) is 5. The molecule has 1 heterocycles. The van der Waals surface area contributed by atoms with Crippen LogP contribution in [0.15, 0.2) is 54.7 Å². The van der Waals surface area contributed by atoms with E-state index in [0.29, 0.717) is 23.8 Å². The lowest BCUT2D eigenvalue weighted by Gasteiger charge is -2.14. The van der Waals surface area contributed by atoms with E-state index in [9.17, 15) is 4.79 Å². The lowest BCUT2D eigenvalue weighted by Crippen LogP contribution is -2.11. The summed E-state index contributed by atoms with van der Waals surface area (Å²) in [6.45, 7) is 6.12. The number of aromatic nitrogens is 2. The van der Waals surface area contributed by atoms with E-state index < -0.39 is 5.97 Å². The first-order chi connectivity index (χ1) is 12.6. The van der Waals surface area contributed by atoms with Crippen LogP contribution in [0.2, 0.25) is 0 Å². The summed E-state index contributed by atoms with van der Waals surface area (Å²) in [5, 5.41) is 3.27. The smallest absolute Gasteiger partial charge is 0.343 e. The molecule has 3 rings (SSSR count). The Bertz CT molecular complexity index is 924. The first kappa shape index (κ1) is 17.6. The van der Waals surface area contributed by atoms with Crippen molar-refractivity contribution in [1.29, 1.82) is 0 Å². The van der Waals surface area contributed by atoms with E-state index in [1.54, 1.807) is 6.92 Å². The molecule has 0 radical (unpaired) electrons. The Morgan fingerprint density at radius 3 is 2.58 bits per heavy atom. The van der Waals surface area contributed by atoms with Gasteiger partial charge in [-0.25, -0.2) is 14.8 Å². The third-order valence-corrected chi connectivity index (χ3v) is 3.95. The summed E-state index contributed by atoms with van der Waals surface area (Å²) in [5.74, 6) is 0.537. The molecule has 0 saturated carbocycles. The summed E-state index contributed by atoms with van der Waals surface area (Å²) in [7, 11) is 0. The van der Waals surface area contributed by atoms with Crippen molar-refractivity contribution in [3.8, 4) is 11.4 Å². The molecule has 1 aromatic heterocycles. The van der Waals surface area contributed by atoms with Crippen molar-refractivity contribution in [2.24, 2.45) is 0 Å². The lowest BCUT2D eigenvalue weighted by molar-refractivity contribution is 0.0526. The van der Waals surface area contributed by atoms with Crippen molar-refractivity contribution in [2.45, 2.75) is 20.8 Å². The highest BCUT2D eigenvalue weighted by Gasteiger charge is 2.17. The largest absolute Gasteiger partial charge is 0.462 e. The lowest BCUT2D eigenvalue weighted by atomic mass is 10.1. The molecule has 26 heavy (non-hydrogen) atoms. The van der Waals surface area contributed by atoms with Gasteiger partial charge in [-0.3, -0.25) is 0 Å². The number of nitrogens with one attached hydrogen (secondary N) is 1. The number of anilines is 2. The molecule has 0 aliphatic heterocycles. The Kier molecular flexibility index (Phi) is 5.27. The minimum Gasteiger partial charge on any atom is -0.462 e. The second-order valence-corrected chi connectivity index (χ2v) is 5.99. The van der Waals surface area contributed by atoms with E-state index in [1.807, 2.05) is 56.3 Å². The highest BCUT2D eigenvalue weighted by Crippen LogP contribution is 2.25. The summed E-state index contributed by atoms with van der Waals surface area (Å²) in [6, 6.07) is 15.7. The van der Waals surface area contributed by atoms with Crippen LogP contribution in [0.5, 0.6) is 0 Å². The molecular formula is C21H21N3O2. The van der Waals surface area contributed by atoms with Gasteiger partial charge in [-0.1, -0.05) is 48.0 Å². The molecule has 2 aromatic carbocycles. The summed E-state index contributed by atoms with van der Waals surface area (Å²) >= 11 is 0. The van der Waals surface area contributed by atoms with Crippen LogP contribution in [0.3, 0.4) is 0 Å². The molecule has 0 atom stereocenters. The van der Waals surface area contributed by atoms with Crippen LogP contribution in [0, 0.1) is 13.8 Å². The van der Waals surface area contributed by atoms with Crippen LogP contribution < -0.4 is 5.32 Å². The Balaban J connectivity index is 2.04. The zero-order chi connectivity index (χ0) is 18.5. The van der Waals surface area contributed by atoms with E-state index in [2.05, 4.69) is 21.4 Å². The Hall–Kier alpha value is -3.21. The molecule has 0 saturated heterocycles. The zero-order valence-electron chi connectivity index (χ0n) is 15.1. The van der Waals surface area contributed by atoms with Gasteiger partial charge in [0.1, 0.15) is 11.4 Å². The number of benzene rings is 2. The minimum absolute atomic E-state index is 0.294. The highest BCUT2D eigenvalue weighted by atomic mass is 16.5. The fourth-order valence-electron chi connectivity index (χ4n) is 2.64. The molecule has 0 spiro atoms. The normalized spacial score (nSPS) is 10.4. The standard InChI is InChI=1S/C21H21N3O2/c1-4-26-21(25)17-13-22-19(16-8-6-5-7-9-16)24-20(17)23-18-11-10-14(2)12-15(18)3/h5-13H,4H2,1-3H3,(H,22,23,24). The van der Waals surface area contributed by atoms with E-state index in [4.69, 9.17) is 4.74 Å². The molecule has 5 nitrogen and oxygen atoms in total. The molecule has 3 aromatic rings. The maximum absolute atomic E-state index is 12.3. The molecule has 0 bridgehead atoms. The fourth-order valence-corrected chi connectivity index (χ4v) is 2.64. The Morgan fingerprint density at radius 2 is 1.88 bits per heavy atom. The van der Waals surface area contributed by atoms with Crippen molar-refractivity contribution in [3.05, 3.63) is 71.4 Å². The van der Waals surface area contributed by atoms with Gasteiger partial charge in [-0.05, 0) is 32.4 Å². The van der Waals surface area contributed by atoms with Crippen LogP contribution in [0.25, 0.3) is 11.4 Å². The van der Waals surface area contributed by atoms with Gasteiger partial charge in [-0.2, -0.15) is 0 Å². The topological polar surface area (TPSA) is 64.1 Å². The average Bonchev–Trinajstić information content (AvgIpc) is 2.65. The number of esters is 1. The first-order valence-corrected chi connectivity index (χ1v) is 8.52. The van der Waals surface area contributed by atoms with Crippen LogP contribution >= 0.6 is 0 Å². The van der Waals surface area contributed by atoms with Gasteiger partial charge in [0.2, 0.25) is 0 Å². The van der Waals surface area contributed by atoms with E-state index in [1.165, 1.54) is 11.8 Å². The number of aryl methyl sites for hydroxylation is 2. The SMILES string of the molecule is CCOC(=O)c1cnc(-c2ccccc2)nc1Nc1ccc(C)cc1C. The minimum atomic E-state index is -0.445. The van der Waals surface area contributed by atoms with Crippen molar-refractivity contribution >= 4 is 17.5 Å². The van der Waals surface area contributed by atoms with Gasteiger partial charge in [0.05, 0.1) is 6.61 Å². The number of hydrogen-bond donors (Lipinski definition) is 1. The van der Waals surface area contributed by atoms with Crippen molar-refractivity contribution < 1.29 is 9.53 Å². The van der Waals surface area contributed by atoms with E-state index in [-0.39, 0.29) is 0 Å². The van der Waals surface area contributed by atoms with Gasteiger partial charge in [0.25, 0.3) is 0 Å². The molecule has 0 amide bonds. The zero-order valence-corrected chi connectivity index (χ0v) is 15.1. The monoisotopic (exact) mass is 347 g/mol. The van der Waals surface area contributed by atoms with Crippen LogP contribution in [-0.4, -0.2) is 22.5 Å². The van der Waals surface area contributed by atoms with Gasteiger partial charge in [-0.15, -0.1) is 0 Å². The maximum atomic E-state index is 12.3. The third kappa shape index (κ3) is 3.88. The van der Waals surface area contributed by atoms with Crippen LogP contribution in [-0.2, 0) is 4.74 Å². The predicted molar refractivity (Wildman–Crippen MR) is 103 cm³/mol. The summed E-state index contributed by atoms with van der Waals surface area (Å²) < 4.78 is 5.14. The second kappa shape index (κ2) is 7.78. The van der Waals surface area contributed by atoms with Crippen molar-refractivity contribution in [1.82, 2.24) is 9.97 Å². The van der Waals surface area contributed by atoms with Gasteiger partial charge in [0.15, 0.2) is 5.82 Å². The average molecular weight is 347 g/mol. The molecular weight excluding hydrogens is 326 g/mol. The fraction of sp³-hybridized carbons (Fsp3) is 0.190. The second-order valence-electron chi connectivity index (χ2n) is 5.99. The summed E-state index contributed by atoms with van der Waals surface area (Å²) in [4.78, 5) is 21.2. The molecule has 0 aliphatic rings. The maximum Gasteiger partial charge on any atom is 0.343 e. The molecule has 1 N–H and O–H groups in total. The molecule has 5 heteroatoms. The quantitative estimate of drug-likeness (QED) is 0.679. The molecule has 0 unspecified atom stereocenters. The van der Waals surface area contributed by atoms with Gasteiger partial charge in [0, 0.05) is 17.4 Å². The van der Waals surface area contributed by atoms with Crippen LogP contribution in [0.1, 0.15) is 28.4 Å². The number of rotatable bonds is 5. The number of carbonyl (C=O) groups excluding carboxylic acids is 1. The first-order valence-electron chi connectivity index (χ1n) is 8.52. The third-order valence-electron chi connectivity index (χ3n) is 3.95. The highest BCUT2D eigenvalue weighted by molar-refractivity contribution is 5.95. The Labute approximate surface area is 153 Å². The summed E-state index contributed by atoms with van der Waals surface area (Å²) in [5.41, 5.74) is 4.32. The van der Waals surface area contributed by atoms with Crippen LogP contribution in [0.4, 0.5) is 11.5 Å². The van der Waals surface area contributed by atoms with E-state index >= 15 is 0 Å². The predicted octanol–water partition coefficient (Wildman–Crippen LogP) is 4.68. The number of nitrogens with zero attached hydrogens (tertiary/aromatic N) is 2. The summed E-state index contributed by atoms with van der Waals surface area (Å²) in [6.07, 6.45) is 1.51. The van der Waals surface area contributed by atoms with Crippen molar-refractivity contribution in [3.63, 3.8) is 0 Å². The number of carbonyl (C=O) groups is 1.